The third-order valence-corrected chi connectivity index (χ3v) is 2.06. The molecule has 1 rings (SSSR count). The van der Waals surface area contributed by atoms with E-state index >= 15 is 0 Å². The molecule has 0 aliphatic heterocycles. The van der Waals surface area contributed by atoms with Gasteiger partial charge in [-0.2, -0.15) is 5.26 Å². The van der Waals surface area contributed by atoms with E-state index in [1.807, 2.05) is 0 Å². The fraction of sp³-hybridized carbons (Fsp3) is 0.273. The zero-order valence-corrected chi connectivity index (χ0v) is 9.06. The first-order valence-electron chi connectivity index (χ1n) is 4.52. The molecule has 0 radical (unpaired) electrons. The number of benzene rings is 1. The Balaban J connectivity index is 3.07. The molecule has 0 spiro atoms. The molecule has 4 heteroatoms. The van der Waals surface area contributed by atoms with Gasteiger partial charge in [0.05, 0.1) is 11.3 Å². The third-order valence-electron chi connectivity index (χ3n) is 2.06. The maximum absolute atomic E-state index is 11.7. The number of carbonyl (C=O) groups is 1. The van der Waals surface area contributed by atoms with E-state index in [1.165, 1.54) is 9.80 Å². The summed E-state index contributed by atoms with van der Waals surface area (Å²) in [5, 5.41) is 8.89. The standard InChI is InChI=1S/C11H13N3O/c1-13(2)11(15)14(3)10-7-5-4-6-9(10)8-12/h4-7H,1-3H3. The number of urea groups is 1. The summed E-state index contributed by atoms with van der Waals surface area (Å²) in [6.07, 6.45) is 0. The first kappa shape index (κ1) is 11.1. The summed E-state index contributed by atoms with van der Waals surface area (Å²) < 4.78 is 0. The predicted octanol–water partition coefficient (Wildman–Crippen LogP) is 1.68. The largest absolute Gasteiger partial charge is 0.330 e. The lowest BCUT2D eigenvalue weighted by molar-refractivity contribution is 0.225. The number of hydrogen-bond acceptors (Lipinski definition) is 2. The highest BCUT2D eigenvalue weighted by Gasteiger charge is 2.15. The maximum atomic E-state index is 11.7. The molecule has 1 aromatic rings. The van der Waals surface area contributed by atoms with Gasteiger partial charge < -0.3 is 4.90 Å². The zero-order valence-electron chi connectivity index (χ0n) is 9.06. The van der Waals surface area contributed by atoms with Gasteiger partial charge in [0.2, 0.25) is 0 Å². The number of hydrogen-bond donors (Lipinski definition) is 0. The van der Waals surface area contributed by atoms with Crippen molar-refractivity contribution in [1.82, 2.24) is 4.90 Å². The van der Waals surface area contributed by atoms with Crippen molar-refractivity contribution in [3.8, 4) is 6.07 Å². The highest BCUT2D eigenvalue weighted by Crippen LogP contribution is 2.18. The highest BCUT2D eigenvalue weighted by molar-refractivity contribution is 5.92. The van der Waals surface area contributed by atoms with E-state index in [4.69, 9.17) is 5.26 Å². The van der Waals surface area contributed by atoms with Crippen LogP contribution in [0.3, 0.4) is 0 Å². The molecule has 15 heavy (non-hydrogen) atoms. The van der Waals surface area contributed by atoms with Crippen LogP contribution in [-0.4, -0.2) is 32.1 Å². The van der Waals surface area contributed by atoms with E-state index < -0.39 is 0 Å². The second-order valence-corrected chi connectivity index (χ2v) is 3.36. The van der Waals surface area contributed by atoms with Crippen LogP contribution >= 0.6 is 0 Å². The first-order valence-corrected chi connectivity index (χ1v) is 4.52. The first-order chi connectivity index (χ1) is 7.07. The molecule has 2 amide bonds. The van der Waals surface area contributed by atoms with Crippen molar-refractivity contribution >= 4 is 11.7 Å². The Morgan fingerprint density at radius 1 is 1.27 bits per heavy atom. The SMILES string of the molecule is CN(C)C(=O)N(C)c1ccccc1C#N. The highest BCUT2D eigenvalue weighted by atomic mass is 16.2. The minimum Gasteiger partial charge on any atom is -0.330 e. The van der Waals surface area contributed by atoms with Gasteiger partial charge in [-0.05, 0) is 12.1 Å². The molecule has 0 aromatic heterocycles. The lowest BCUT2D eigenvalue weighted by Gasteiger charge is -2.22. The maximum Gasteiger partial charge on any atom is 0.323 e. The number of amides is 2. The second-order valence-electron chi connectivity index (χ2n) is 3.36. The van der Waals surface area contributed by atoms with E-state index in [0.29, 0.717) is 11.3 Å². The van der Waals surface area contributed by atoms with E-state index in [9.17, 15) is 4.79 Å². The molecule has 4 nitrogen and oxygen atoms in total. The molecule has 0 fully saturated rings. The summed E-state index contributed by atoms with van der Waals surface area (Å²) in [6, 6.07) is 8.92. The lowest BCUT2D eigenvalue weighted by Crippen LogP contribution is -2.36. The van der Waals surface area contributed by atoms with Crippen molar-refractivity contribution in [3.63, 3.8) is 0 Å². The van der Waals surface area contributed by atoms with Crippen molar-refractivity contribution in [2.24, 2.45) is 0 Å². The smallest absolute Gasteiger partial charge is 0.323 e. The fourth-order valence-electron chi connectivity index (χ4n) is 1.26. The second kappa shape index (κ2) is 4.47. The van der Waals surface area contributed by atoms with Crippen LogP contribution in [0.4, 0.5) is 10.5 Å². The Kier molecular flexibility index (Phi) is 3.29. The van der Waals surface area contributed by atoms with Crippen molar-refractivity contribution in [3.05, 3.63) is 29.8 Å². The zero-order chi connectivity index (χ0) is 11.4. The summed E-state index contributed by atoms with van der Waals surface area (Å²) in [4.78, 5) is 14.6. The number of para-hydroxylation sites is 1. The Morgan fingerprint density at radius 2 is 1.87 bits per heavy atom. The van der Waals surface area contributed by atoms with E-state index in [0.717, 1.165) is 0 Å². The van der Waals surface area contributed by atoms with Crippen LogP contribution in [0, 0.1) is 11.3 Å². The molecule has 1 aromatic carbocycles. The molecule has 0 aliphatic rings. The van der Waals surface area contributed by atoms with Gasteiger partial charge in [-0.1, -0.05) is 12.1 Å². The quantitative estimate of drug-likeness (QED) is 0.697. The Bertz CT molecular complexity index is 407. The molecule has 0 unspecified atom stereocenters. The van der Waals surface area contributed by atoms with Crippen molar-refractivity contribution in [2.75, 3.05) is 26.0 Å². The Labute approximate surface area is 89.3 Å². The molecular formula is C11H13N3O. The average Bonchev–Trinajstić information content (AvgIpc) is 2.26. The van der Waals surface area contributed by atoms with Gasteiger partial charge in [-0.15, -0.1) is 0 Å². The molecule has 0 aliphatic carbocycles. The van der Waals surface area contributed by atoms with Crippen LogP contribution in [0.1, 0.15) is 5.56 Å². The number of carbonyl (C=O) groups excluding carboxylic acids is 1. The molecule has 0 saturated heterocycles. The van der Waals surface area contributed by atoms with Crippen LogP contribution in [0.5, 0.6) is 0 Å². The summed E-state index contributed by atoms with van der Waals surface area (Å²) in [5.74, 6) is 0. The third kappa shape index (κ3) is 2.26. The van der Waals surface area contributed by atoms with E-state index in [1.54, 1.807) is 45.4 Å². The van der Waals surface area contributed by atoms with Gasteiger partial charge in [0, 0.05) is 21.1 Å². The molecule has 78 valence electrons. The average molecular weight is 203 g/mol. The number of rotatable bonds is 1. The van der Waals surface area contributed by atoms with Crippen molar-refractivity contribution in [1.29, 1.82) is 5.26 Å². The predicted molar refractivity (Wildman–Crippen MR) is 58.6 cm³/mol. The van der Waals surface area contributed by atoms with Gasteiger partial charge in [-0.25, -0.2) is 4.79 Å². The molecular weight excluding hydrogens is 190 g/mol. The molecule has 0 saturated carbocycles. The van der Waals surface area contributed by atoms with Crippen molar-refractivity contribution < 1.29 is 4.79 Å². The lowest BCUT2D eigenvalue weighted by atomic mass is 10.2. The van der Waals surface area contributed by atoms with E-state index in [2.05, 4.69) is 6.07 Å². The summed E-state index contributed by atoms with van der Waals surface area (Å²) in [5.41, 5.74) is 1.12. The van der Waals surface area contributed by atoms with Gasteiger partial charge in [0.1, 0.15) is 6.07 Å². The molecule has 0 atom stereocenters. The van der Waals surface area contributed by atoms with Crippen LogP contribution in [0.15, 0.2) is 24.3 Å². The van der Waals surface area contributed by atoms with Gasteiger partial charge in [-0.3, -0.25) is 4.90 Å². The summed E-state index contributed by atoms with van der Waals surface area (Å²) in [7, 11) is 5.00. The fourth-order valence-corrected chi connectivity index (χ4v) is 1.26. The van der Waals surface area contributed by atoms with Crippen molar-refractivity contribution in [2.45, 2.75) is 0 Å². The Hall–Kier alpha value is -2.02. The van der Waals surface area contributed by atoms with Gasteiger partial charge in [0.15, 0.2) is 0 Å². The molecule has 0 bridgehead atoms. The van der Waals surface area contributed by atoms with Gasteiger partial charge in [0.25, 0.3) is 0 Å². The number of nitriles is 1. The van der Waals surface area contributed by atoms with E-state index in [-0.39, 0.29) is 6.03 Å². The monoisotopic (exact) mass is 203 g/mol. The summed E-state index contributed by atoms with van der Waals surface area (Å²) in [6.45, 7) is 0. The minimum atomic E-state index is -0.155. The molecule has 0 heterocycles. The normalized spacial score (nSPS) is 9.20. The Morgan fingerprint density at radius 3 is 2.40 bits per heavy atom. The van der Waals surface area contributed by atoms with Crippen LogP contribution < -0.4 is 4.90 Å². The van der Waals surface area contributed by atoms with Crippen LogP contribution in [0.2, 0.25) is 0 Å². The summed E-state index contributed by atoms with van der Waals surface area (Å²) >= 11 is 0. The van der Waals surface area contributed by atoms with Gasteiger partial charge >= 0.3 is 6.03 Å². The molecule has 0 N–H and O–H groups in total. The topological polar surface area (TPSA) is 47.3 Å². The van der Waals surface area contributed by atoms with Crippen LogP contribution in [0.25, 0.3) is 0 Å². The number of nitrogens with zero attached hydrogens (tertiary/aromatic N) is 3. The van der Waals surface area contributed by atoms with Crippen LogP contribution in [-0.2, 0) is 0 Å². The minimum absolute atomic E-state index is 0.155. The number of anilines is 1.